The molecular weight excluding hydrogens is 260 g/mol. The van der Waals surface area contributed by atoms with E-state index < -0.39 is 0 Å². The van der Waals surface area contributed by atoms with Crippen LogP contribution in [0.25, 0.3) is 0 Å². The molecule has 118 valence electrons. The van der Waals surface area contributed by atoms with Crippen molar-refractivity contribution >= 4 is 5.69 Å². The maximum Gasteiger partial charge on any atom is 0.0610 e. The summed E-state index contributed by atoms with van der Waals surface area (Å²) in [5, 5.41) is 13.3. The summed E-state index contributed by atoms with van der Waals surface area (Å²) in [4.78, 5) is 2.43. The van der Waals surface area contributed by atoms with Gasteiger partial charge in [-0.3, -0.25) is 0 Å². The monoisotopic (exact) mass is 290 g/mol. The highest BCUT2D eigenvalue weighted by atomic mass is 16.3. The zero-order chi connectivity index (χ0) is 15.3. The minimum atomic E-state index is -0.119. The van der Waals surface area contributed by atoms with Gasteiger partial charge in [-0.1, -0.05) is 18.2 Å². The fraction of sp³-hybridized carbons (Fsp3) is 0.667. The van der Waals surface area contributed by atoms with E-state index in [1.165, 1.54) is 24.1 Å². The minimum Gasteiger partial charge on any atom is -0.394 e. The summed E-state index contributed by atoms with van der Waals surface area (Å²) < 4.78 is 0. The van der Waals surface area contributed by atoms with Crippen molar-refractivity contribution in [2.45, 2.75) is 58.0 Å². The maximum atomic E-state index is 9.67. The quantitative estimate of drug-likeness (QED) is 0.733. The van der Waals surface area contributed by atoms with Gasteiger partial charge < -0.3 is 15.3 Å². The van der Waals surface area contributed by atoms with E-state index in [-0.39, 0.29) is 12.1 Å². The Kier molecular flexibility index (Phi) is 5.65. The summed E-state index contributed by atoms with van der Waals surface area (Å²) in [7, 11) is 0. The van der Waals surface area contributed by atoms with E-state index in [1.807, 2.05) is 0 Å². The first-order chi connectivity index (χ1) is 10.1. The molecule has 0 heterocycles. The summed E-state index contributed by atoms with van der Waals surface area (Å²) in [5.41, 5.74) is 2.55. The molecule has 1 aliphatic carbocycles. The zero-order valence-electron chi connectivity index (χ0n) is 13.7. The molecule has 2 N–H and O–H groups in total. The third-order valence-electron chi connectivity index (χ3n) is 4.47. The van der Waals surface area contributed by atoms with Crippen molar-refractivity contribution in [2.75, 3.05) is 24.6 Å². The van der Waals surface area contributed by atoms with Crippen LogP contribution in [0, 0.1) is 6.92 Å². The average molecular weight is 290 g/mol. The van der Waals surface area contributed by atoms with E-state index in [1.54, 1.807) is 0 Å². The van der Waals surface area contributed by atoms with E-state index in [0.29, 0.717) is 6.04 Å². The summed E-state index contributed by atoms with van der Waals surface area (Å²) in [6.07, 6.45) is 4.64. The van der Waals surface area contributed by atoms with Gasteiger partial charge in [-0.25, -0.2) is 0 Å². The van der Waals surface area contributed by atoms with Crippen molar-refractivity contribution in [1.82, 2.24) is 5.32 Å². The van der Waals surface area contributed by atoms with E-state index in [9.17, 15) is 5.11 Å². The van der Waals surface area contributed by atoms with Gasteiger partial charge in [0.15, 0.2) is 0 Å². The smallest absolute Gasteiger partial charge is 0.0610 e. The van der Waals surface area contributed by atoms with E-state index in [2.05, 4.69) is 55.3 Å². The molecule has 1 aromatic carbocycles. The lowest BCUT2D eigenvalue weighted by atomic mass is 9.96. The van der Waals surface area contributed by atoms with Crippen molar-refractivity contribution in [2.24, 2.45) is 0 Å². The standard InChI is InChI=1S/C18H30N2O/c1-4-20(17-9-6-5-8-15(17)2)13-7-12-18(3,14-21)19-16-10-11-16/h5-6,8-9,16,19,21H,4,7,10-14H2,1-3H3. The summed E-state index contributed by atoms with van der Waals surface area (Å²) in [6.45, 7) is 8.82. The van der Waals surface area contributed by atoms with Crippen LogP contribution >= 0.6 is 0 Å². The highest BCUT2D eigenvalue weighted by Gasteiger charge is 2.31. The average Bonchev–Trinajstić information content (AvgIpc) is 3.28. The van der Waals surface area contributed by atoms with Gasteiger partial charge in [-0.2, -0.15) is 0 Å². The number of aliphatic hydroxyl groups is 1. The number of nitrogens with one attached hydrogen (secondary N) is 1. The fourth-order valence-electron chi connectivity index (χ4n) is 2.94. The predicted molar refractivity (Wildman–Crippen MR) is 89.9 cm³/mol. The Labute approximate surface area is 129 Å². The Morgan fingerprint density at radius 3 is 2.62 bits per heavy atom. The van der Waals surface area contributed by atoms with Crippen LogP contribution in [0.1, 0.15) is 45.1 Å². The normalized spacial score (nSPS) is 17.5. The van der Waals surface area contributed by atoms with Crippen LogP contribution in [0.4, 0.5) is 5.69 Å². The molecule has 0 bridgehead atoms. The second kappa shape index (κ2) is 7.28. The molecule has 3 nitrogen and oxygen atoms in total. The van der Waals surface area contributed by atoms with Crippen LogP contribution in [-0.2, 0) is 0 Å². The van der Waals surface area contributed by atoms with Gasteiger partial charge in [0.2, 0.25) is 0 Å². The predicted octanol–water partition coefficient (Wildman–Crippen LogP) is 3.10. The highest BCUT2D eigenvalue weighted by molar-refractivity contribution is 5.52. The molecule has 0 aromatic heterocycles. The summed E-state index contributed by atoms with van der Waals surface area (Å²) in [6, 6.07) is 9.21. The molecule has 1 unspecified atom stereocenters. The third-order valence-corrected chi connectivity index (χ3v) is 4.47. The number of hydrogen-bond acceptors (Lipinski definition) is 3. The van der Waals surface area contributed by atoms with Crippen molar-refractivity contribution in [3.05, 3.63) is 29.8 Å². The molecule has 0 aliphatic heterocycles. The molecule has 3 heteroatoms. The molecular formula is C18H30N2O. The van der Waals surface area contributed by atoms with Crippen molar-refractivity contribution in [1.29, 1.82) is 0 Å². The minimum absolute atomic E-state index is 0.119. The van der Waals surface area contributed by atoms with Crippen molar-refractivity contribution < 1.29 is 5.11 Å². The Hall–Kier alpha value is -1.06. The Balaban J connectivity index is 1.86. The number of nitrogens with zero attached hydrogens (tertiary/aromatic N) is 1. The van der Waals surface area contributed by atoms with E-state index in [4.69, 9.17) is 0 Å². The first kappa shape index (κ1) is 16.3. The topological polar surface area (TPSA) is 35.5 Å². The van der Waals surface area contributed by atoms with Gasteiger partial charge >= 0.3 is 0 Å². The molecule has 0 amide bonds. The lowest BCUT2D eigenvalue weighted by Crippen LogP contribution is -2.47. The van der Waals surface area contributed by atoms with Gasteiger partial charge in [0.25, 0.3) is 0 Å². The molecule has 1 saturated carbocycles. The fourth-order valence-corrected chi connectivity index (χ4v) is 2.94. The third kappa shape index (κ3) is 4.72. The number of benzene rings is 1. The van der Waals surface area contributed by atoms with Crippen LogP contribution in [0.5, 0.6) is 0 Å². The maximum absolute atomic E-state index is 9.67. The molecule has 0 radical (unpaired) electrons. The molecule has 1 aliphatic rings. The van der Waals surface area contributed by atoms with Crippen LogP contribution in [0.2, 0.25) is 0 Å². The number of rotatable bonds is 9. The first-order valence-corrected chi connectivity index (χ1v) is 8.27. The first-order valence-electron chi connectivity index (χ1n) is 8.27. The highest BCUT2D eigenvalue weighted by Crippen LogP contribution is 2.25. The van der Waals surface area contributed by atoms with E-state index in [0.717, 1.165) is 25.9 Å². The number of aryl methyl sites for hydroxylation is 1. The van der Waals surface area contributed by atoms with Crippen LogP contribution in [0.3, 0.4) is 0 Å². The van der Waals surface area contributed by atoms with Crippen LogP contribution in [0.15, 0.2) is 24.3 Å². The largest absolute Gasteiger partial charge is 0.394 e. The van der Waals surface area contributed by atoms with Crippen LogP contribution in [-0.4, -0.2) is 36.4 Å². The molecule has 1 atom stereocenters. The second-order valence-electron chi connectivity index (χ2n) is 6.61. The molecule has 1 fully saturated rings. The van der Waals surface area contributed by atoms with Gasteiger partial charge in [0.1, 0.15) is 0 Å². The van der Waals surface area contributed by atoms with Crippen LogP contribution < -0.4 is 10.2 Å². The van der Waals surface area contributed by atoms with Gasteiger partial charge in [-0.05, 0) is 58.1 Å². The SMILES string of the molecule is CCN(CCCC(C)(CO)NC1CC1)c1ccccc1C. The molecule has 1 aromatic rings. The van der Waals surface area contributed by atoms with Gasteiger partial charge in [0.05, 0.1) is 6.61 Å². The van der Waals surface area contributed by atoms with Gasteiger partial charge in [-0.15, -0.1) is 0 Å². The summed E-state index contributed by atoms with van der Waals surface area (Å²) in [5.74, 6) is 0. The molecule has 2 rings (SSSR count). The Morgan fingerprint density at radius 2 is 2.05 bits per heavy atom. The van der Waals surface area contributed by atoms with Crippen molar-refractivity contribution in [3.63, 3.8) is 0 Å². The molecule has 0 saturated heterocycles. The Morgan fingerprint density at radius 1 is 1.33 bits per heavy atom. The van der Waals surface area contributed by atoms with E-state index >= 15 is 0 Å². The summed E-state index contributed by atoms with van der Waals surface area (Å²) >= 11 is 0. The lowest BCUT2D eigenvalue weighted by molar-refractivity contribution is 0.162. The number of aliphatic hydroxyl groups excluding tert-OH is 1. The lowest BCUT2D eigenvalue weighted by Gasteiger charge is -2.31. The zero-order valence-corrected chi connectivity index (χ0v) is 13.7. The second-order valence-corrected chi connectivity index (χ2v) is 6.61. The Bertz CT molecular complexity index is 445. The van der Waals surface area contributed by atoms with Gasteiger partial charge in [0, 0.05) is 30.4 Å². The molecule has 21 heavy (non-hydrogen) atoms. The number of para-hydroxylation sites is 1. The number of anilines is 1. The molecule has 0 spiro atoms. The van der Waals surface area contributed by atoms with Crippen molar-refractivity contribution in [3.8, 4) is 0 Å². The number of hydrogen-bond donors (Lipinski definition) is 2.